The molecular formula is C10H17NO5S. The van der Waals surface area contributed by atoms with E-state index in [4.69, 9.17) is 10.2 Å². The van der Waals surface area contributed by atoms with Crippen molar-refractivity contribution < 1.29 is 24.6 Å². The molecule has 0 spiro atoms. The van der Waals surface area contributed by atoms with Crippen LogP contribution in [0.3, 0.4) is 0 Å². The summed E-state index contributed by atoms with van der Waals surface area (Å²) in [5, 5.41) is 19.9. The zero-order valence-electron chi connectivity index (χ0n) is 9.64. The van der Waals surface area contributed by atoms with Crippen molar-refractivity contribution in [1.29, 1.82) is 0 Å². The lowest BCUT2D eigenvalue weighted by molar-refractivity contribution is -0.140. The summed E-state index contributed by atoms with van der Waals surface area (Å²) >= 11 is 1.53. The van der Waals surface area contributed by atoms with E-state index in [1.165, 1.54) is 11.8 Å². The Bertz CT molecular complexity index is 282. The van der Waals surface area contributed by atoms with E-state index in [1.807, 2.05) is 6.26 Å². The van der Waals surface area contributed by atoms with E-state index in [0.717, 1.165) is 0 Å². The molecular weight excluding hydrogens is 246 g/mol. The van der Waals surface area contributed by atoms with E-state index in [0.29, 0.717) is 12.2 Å². The van der Waals surface area contributed by atoms with Gasteiger partial charge in [-0.05, 0) is 18.4 Å². The van der Waals surface area contributed by atoms with Crippen LogP contribution in [0.15, 0.2) is 0 Å². The molecule has 0 unspecified atom stereocenters. The number of aliphatic carboxylic acids is 2. The highest BCUT2D eigenvalue weighted by molar-refractivity contribution is 7.98. The third kappa shape index (κ3) is 8.70. The Hall–Kier alpha value is -1.08. The van der Waals surface area contributed by atoms with Crippen molar-refractivity contribution in [2.75, 3.05) is 18.6 Å². The molecule has 6 nitrogen and oxygen atoms in total. The molecule has 0 saturated heterocycles. The van der Waals surface area contributed by atoms with Gasteiger partial charge in [0, 0.05) is 6.42 Å². The lowest BCUT2D eigenvalue weighted by atomic mass is 10.2. The fraction of sp³-hybridized carbons (Fsp3) is 0.700. The maximum absolute atomic E-state index is 11.2. The van der Waals surface area contributed by atoms with Gasteiger partial charge in [-0.25, -0.2) is 0 Å². The molecule has 0 fully saturated rings. The SMILES string of the molecule is CSCC[C@H](NCC(=O)CCC(=O)O)C(=O)O. The Morgan fingerprint density at radius 2 is 1.88 bits per heavy atom. The number of hydrogen-bond donors (Lipinski definition) is 3. The van der Waals surface area contributed by atoms with Crippen molar-refractivity contribution in [2.24, 2.45) is 0 Å². The van der Waals surface area contributed by atoms with E-state index in [9.17, 15) is 14.4 Å². The Morgan fingerprint density at radius 1 is 1.24 bits per heavy atom. The molecule has 0 aromatic heterocycles. The highest BCUT2D eigenvalue weighted by Gasteiger charge is 2.17. The number of carbonyl (C=O) groups excluding carboxylic acids is 1. The summed E-state index contributed by atoms with van der Waals surface area (Å²) in [5.41, 5.74) is 0. The Balaban J connectivity index is 3.90. The van der Waals surface area contributed by atoms with Crippen LogP contribution < -0.4 is 5.32 Å². The van der Waals surface area contributed by atoms with Crippen LogP contribution >= 0.6 is 11.8 Å². The summed E-state index contributed by atoms with van der Waals surface area (Å²) in [5.74, 6) is -1.63. The number of Topliss-reactive ketones (excluding diaryl/α,β-unsaturated/α-hetero) is 1. The van der Waals surface area contributed by atoms with E-state index >= 15 is 0 Å². The Kier molecular flexibility index (Phi) is 8.43. The maximum Gasteiger partial charge on any atom is 0.320 e. The molecule has 0 rings (SSSR count). The van der Waals surface area contributed by atoms with Crippen molar-refractivity contribution in [3.63, 3.8) is 0 Å². The van der Waals surface area contributed by atoms with Gasteiger partial charge in [-0.3, -0.25) is 19.7 Å². The minimum Gasteiger partial charge on any atom is -0.481 e. The first-order valence-corrected chi connectivity index (χ1v) is 6.55. The van der Waals surface area contributed by atoms with Crippen LogP contribution in [-0.4, -0.2) is 52.5 Å². The van der Waals surface area contributed by atoms with E-state index in [1.54, 1.807) is 0 Å². The molecule has 0 radical (unpaired) electrons. The van der Waals surface area contributed by atoms with Crippen LogP contribution in [0.25, 0.3) is 0 Å². The number of nitrogens with one attached hydrogen (secondary N) is 1. The normalized spacial score (nSPS) is 12.1. The summed E-state index contributed by atoms with van der Waals surface area (Å²) in [6, 6.07) is -0.753. The number of rotatable bonds is 10. The molecule has 0 heterocycles. The number of thioether (sulfide) groups is 1. The van der Waals surface area contributed by atoms with Crippen LogP contribution in [0.5, 0.6) is 0 Å². The van der Waals surface area contributed by atoms with Crippen LogP contribution in [0.1, 0.15) is 19.3 Å². The number of hydrogen-bond acceptors (Lipinski definition) is 5. The monoisotopic (exact) mass is 263 g/mol. The molecule has 7 heteroatoms. The smallest absolute Gasteiger partial charge is 0.320 e. The topological polar surface area (TPSA) is 104 Å². The van der Waals surface area contributed by atoms with Crippen molar-refractivity contribution in [2.45, 2.75) is 25.3 Å². The summed E-state index contributed by atoms with van der Waals surface area (Å²) in [4.78, 5) is 32.3. The van der Waals surface area contributed by atoms with Crippen LogP contribution in [0.4, 0.5) is 0 Å². The number of ketones is 1. The number of carbonyl (C=O) groups is 3. The van der Waals surface area contributed by atoms with Gasteiger partial charge in [0.1, 0.15) is 11.8 Å². The van der Waals surface area contributed by atoms with Crippen molar-refractivity contribution in [1.82, 2.24) is 5.32 Å². The minimum absolute atomic E-state index is 0.0722. The number of carboxylic acids is 2. The van der Waals surface area contributed by atoms with Gasteiger partial charge in [-0.2, -0.15) is 11.8 Å². The van der Waals surface area contributed by atoms with Gasteiger partial charge in [-0.15, -0.1) is 0 Å². The fourth-order valence-electron chi connectivity index (χ4n) is 1.12. The number of carboxylic acid groups (broad SMARTS) is 2. The Labute approximate surface area is 104 Å². The minimum atomic E-state index is -1.03. The molecule has 0 aliphatic carbocycles. The molecule has 0 bridgehead atoms. The van der Waals surface area contributed by atoms with Gasteiger partial charge in [0.2, 0.25) is 0 Å². The lowest BCUT2D eigenvalue weighted by Crippen LogP contribution is -2.40. The highest BCUT2D eigenvalue weighted by atomic mass is 32.2. The third-order valence-electron chi connectivity index (χ3n) is 2.07. The molecule has 3 N–H and O–H groups in total. The van der Waals surface area contributed by atoms with Gasteiger partial charge >= 0.3 is 11.9 Å². The van der Waals surface area contributed by atoms with E-state index in [2.05, 4.69) is 5.32 Å². The molecule has 1 atom stereocenters. The first-order valence-electron chi connectivity index (χ1n) is 5.16. The van der Waals surface area contributed by atoms with Crippen molar-refractivity contribution in [3.8, 4) is 0 Å². The molecule has 0 saturated carbocycles. The summed E-state index contributed by atoms with van der Waals surface area (Å²) in [6.07, 6.45) is 2.01. The third-order valence-corrected chi connectivity index (χ3v) is 2.72. The molecule has 0 amide bonds. The summed E-state index contributed by atoms with van der Waals surface area (Å²) < 4.78 is 0. The molecule has 0 aromatic carbocycles. The predicted molar refractivity (Wildman–Crippen MR) is 64.3 cm³/mol. The summed E-state index contributed by atoms with van der Waals surface area (Å²) in [6.45, 7) is -0.0986. The lowest BCUT2D eigenvalue weighted by Gasteiger charge is -2.12. The van der Waals surface area contributed by atoms with Crippen LogP contribution in [0.2, 0.25) is 0 Å². The zero-order valence-corrected chi connectivity index (χ0v) is 10.5. The Morgan fingerprint density at radius 3 is 2.35 bits per heavy atom. The van der Waals surface area contributed by atoms with Gasteiger partial charge in [0.15, 0.2) is 0 Å². The van der Waals surface area contributed by atoms with E-state index < -0.39 is 18.0 Å². The second-order valence-electron chi connectivity index (χ2n) is 3.49. The molecule has 0 aromatic rings. The molecule has 0 aliphatic rings. The van der Waals surface area contributed by atoms with Crippen LogP contribution in [0, 0.1) is 0 Å². The van der Waals surface area contributed by atoms with Gasteiger partial charge < -0.3 is 10.2 Å². The average Bonchev–Trinajstić information content (AvgIpc) is 2.25. The second kappa shape index (κ2) is 9.00. The first kappa shape index (κ1) is 15.9. The average molecular weight is 263 g/mol. The van der Waals surface area contributed by atoms with E-state index in [-0.39, 0.29) is 25.2 Å². The van der Waals surface area contributed by atoms with Gasteiger partial charge in [0.05, 0.1) is 13.0 Å². The largest absolute Gasteiger partial charge is 0.481 e. The standard InChI is InChI=1S/C10H17NO5S/c1-17-5-4-8(10(15)16)11-6-7(12)2-3-9(13)14/h8,11H,2-6H2,1H3,(H,13,14)(H,15,16)/t8-/m0/s1. The van der Waals surface area contributed by atoms with Gasteiger partial charge in [0.25, 0.3) is 0 Å². The fourth-order valence-corrected chi connectivity index (χ4v) is 1.59. The summed E-state index contributed by atoms with van der Waals surface area (Å²) in [7, 11) is 0. The van der Waals surface area contributed by atoms with Crippen molar-refractivity contribution in [3.05, 3.63) is 0 Å². The zero-order chi connectivity index (χ0) is 13.3. The molecule has 17 heavy (non-hydrogen) atoms. The van der Waals surface area contributed by atoms with Gasteiger partial charge in [-0.1, -0.05) is 0 Å². The molecule has 0 aliphatic heterocycles. The first-order chi connectivity index (χ1) is 7.97. The second-order valence-corrected chi connectivity index (χ2v) is 4.47. The quantitative estimate of drug-likeness (QED) is 0.518. The highest BCUT2D eigenvalue weighted by Crippen LogP contribution is 2.01. The van der Waals surface area contributed by atoms with Crippen LogP contribution in [-0.2, 0) is 14.4 Å². The maximum atomic E-state index is 11.2. The predicted octanol–water partition coefficient (Wildman–Crippen LogP) is 0.216. The van der Waals surface area contributed by atoms with Crippen molar-refractivity contribution >= 4 is 29.5 Å². The molecule has 98 valence electrons.